The fraction of sp³-hybridized carbons (Fsp3) is 0.200. The van der Waals surface area contributed by atoms with E-state index in [-0.39, 0.29) is 0 Å². The van der Waals surface area contributed by atoms with E-state index in [1.54, 1.807) is 6.33 Å². The molecule has 0 bridgehead atoms. The Hall–Kier alpha value is -1.36. The Bertz CT molecular complexity index is 660. The van der Waals surface area contributed by atoms with E-state index in [0.717, 1.165) is 29.2 Å². The van der Waals surface area contributed by atoms with Gasteiger partial charge in [0.2, 0.25) is 0 Å². The summed E-state index contributed by atoms with van der Waals surface area (Å²) in [5.74, 6) is 0. The van der Waals surface area contributed by atoms with Crippen LogP contribution < -0.4 is 16.0 Å². The molecule has 3 nitrogen and oxygen atoms in total. The molecule has 0 aliphatic carbocycles. The predicted octanol–water partition coefficient (Wildman–Crippen LogP) is 3.22. The van der Waals surface area contributed by atoms with Gasteiger partial charge in [0, 0.05) is 16.7 Å². The number of alkyl halides is 1. The first kappa shape index (κ1) is 18.4. The third kappa shape index (κ3) is 4.25. The van der Waals surface area contributed by atoms with Gasteiger partial charge in [0.25, 0.3) is 0 Å². The molecule has 0 aliphatic rings. The van der Waals surface area contributed by atoms with Crippen molar-refractivity contribution < 1.29 is 4.74 Å². The smallest absolute Gasteiger partial charge is 0.195 e. The van der Waals surface area contributed by atoms with Crippen LogP contribution in [0.15, 0.2) is 79.3 Å². The van der Waals surface area contributed by atoms with Gasteiger partial charge in [-0.15, -0.1) is 0 Å². The maximum Gasteiger partial charge on any atom is 0.195 e. The Morgan fingerprint density at radius 2 is 1.48 bits per heavy atom. The van der Waals surface area contributed by atoms with Gasteiger partial charge in [-0.25, -0.2) is 9.97 Å². The number of nitrogens with zero attached hydrogens (tertiary/aromatic N) is 2. The van der Waals surface area contributed by atoms with Crippen LogP contribution in [0.4, 0.5) is 0 Å². The minimum absolute atomic E-state index is 0.727. The van der Waals surface area contributed by atoms with Crippen molar-refractivity contribution in [2.75, 3.05) is 23.8 Å². The third-order valence-electron chi connectivity index (χ3n) is 4.14. The lowest BCUT2D eigenvalue weighted by Gasteiger charge is -2.26. The Kier molecular flexibility index (Phi) is 6.91. The molecule has 0 fully saturated rings. The first-order chi connectivity index (χ1) is 12.4. The minimum atomic E-state index is -1.87. The fourth-order valence-corrected chi connectivity index (χ4v) is 7.24. The zero-order valence-corrected chi connectivity index (χ0v) is 17.0. The van der Waals surface area contributed by atoms with E-state index in [9.17, 15) is 0 Å². The number of aromatic nitrogens is 2. The van der Waals surface area contributed by atoms with E-state index >= 15 is 0 Å². The van der Waals surface area contributed by atoms with E-state index in [1.165, 1.54) is 10.6 Å². The molecule has 128 valence electrons. The summed E-state index contributed by atoms with van der Waals surface area (Å²) in [5.41, 5.74) is 1.11. The average Bonchev–Trinajstić information content (AvgIpc) is 2.70. The molecule has 2 aromatic carbocycles. The summed E-state index contributed by atoms with van der Waals surface area (Å²) in [5, 5.41) is 2.66. The van der Waals surface area contributed by atoms with E-state index in [0.29, 0.717) is 0 Å². The van der Waals surface area contributed by atoms with E-state index < -0.39 is 7.26 Å². The van der Waals surface area contributed by atoms with Crippen molar-refractivity contribution in [1.29, 1.82) is 0 Å². The number of hydrogen-bond donors (Lipinski definition) is 0. The van der Waals surface area contributed by atoms with Crippen LogP contribution in [-0.2, 0) is 4.74 Å². The maximum absolute atomic E-state index is 5.88. The van der Waals surface area contributed by atoms with Gasteiger partial charge in [0.15, 0.2) is 5.44 Å². The lowest BCUT2D eigenvalue weighted by Crippen LogP contribution is -2.36. The predicted molar refractivity (Wildman–Crippen MR) is 115 cm³/mol. The van der Waals surface area contributed by atoms with Crippen LogP contribution in [0.25, 0.3) is 0 Å². The second-order valence-electron chi connectivity index (χ2n) is 5.57. The molecule has 0 atom stereocenters. The second kappa shape index (κ2) is 9.37. The number of hydrogen-bond acceptors (Lipinski definition) is 3. The topological polar surface area (TPSA) is 35.0 Å². The van der Waals surface area contributed by atoms with Crippen LogP contribution in [0.3, 0.4) is 0 Å². The van der Waals surface area contributed by atoms with Crippen molar-refractivity contribution in [3.8, 4) is 0 Å². The van der Waals surface area contributed by atoms with Crippen molar-refractivity contribution in [2.24, 2.45) is 0 Å². The van der Waals surface area contributed by atoms with E-state index in [4.69, 9.17) is 4.74 Å². The normalized spacial score (nSPS) is 11.4. The van der Waals surface area contributed by atoms with Crippen molar-refractivity contribution >= 4 is 45.9 Å². The largest absolute Gasteiger partial charge is 0.377 e. The molecular weight excluding hydrogens is 446 g/mol. The molecule has 3 rings (SSSR count). The molecule has 0 unspecified atom stereocenters. The van der Waals surface area contributed by atoms with Crippen LogP contribution >= 0.6 is 29.9 Å². The van der Waals surface area contributed by atoms with Gasteiger partial charge in [-0.2, -0.15) is 0 Å². The summed E-state index contributed by atoms with van der Waals surface area (Å²) in [7, 11) is -1.87. The van der Waals surface area contributed by atoms with Gasteiger partial charge in [0.1, 0.15) is 24.2 Å². The van der Waals surface area contributed by atoms with Crippen molar-refractivity contribution in [3.05, 3.63) is 79.3 Å². The molecule has 0 radical (unpaired) electrons. The molecule has 0 saturated heterocycles. The highest BCUT2D eigenvalue weighted by atomic mass is 131. The van der Waals surface area contributed by atoms with Gasteiger partial charge in [-0.1, -0.05) is 59.0 Å². The molecule has 3 aromatic rings. The number of benzene rings is 2. The highest BCUT2D eigenvalue weighted by Crippen LogP contribution is 2.54. The third-order valence-corrected chi connectivity index (χ3v) is 8.84. The summed E-state index contributed by atoms with van der Waals surface area (Å²) in [6, 6.07) is 23.5. The minimum Gasteiger partial charge on any atom is -0.377 e. The van der Waals surface area contributed by atoms with Crippen molar-refractivity contribution in [3.63, 3.8) is 0 Å². The number of halogens is 1. The first-order valence-corrected chi connectivity index (χ1v) is 11.8. The zero-order valence-electron chi connectivity index (χ0n) is 14.0. The van der Waals surface area contributed by atoms with Crippen LogP contribution in [0.1, 0.15) is 0 Å². The first-order valence-electron chi connectivity index (χ1n) is 8.27. The standard InChI is InChI=1S/C20H21IN2OP/c21-12-14-24-15-16-25(18-7-3-1-4-8-18,19-9-5-2-6-10-19)20-11-13-22-17-23-20/h1-11,13,17H,12,14-16H2/q+1/i21+4. The Morgan fingerprint density at radius 3 is 2.00 bits per heavy atom. The van der Waals surface area contributed by atoms with Gasteiger partial charge < -0.3 is 4.74 Å². The van der Waals surface area contributed by atoms with Gasteiger partial charge >= 0.3 is 0 Å². The van der Waals surface area contributed by atoms with Crippen LogP contribution in [0.5, 0.6) is 0 Å². The molecule has 0 aliphatic heterocycles. The van der Waals surface area contributed by atoms with Crippen molar-refractivity contribution in [2.45, 2.75) is 0 Å². The second-order valence-corrected chi connectivity index (χ2v) is 10.2. The maximum atomic E-state index is 5.88. The van der Waals surface area contributed by atoms with Crippen molar-refractivity contribution in [1.82, 2.24) is 9.97 Å². The monoisotopic (exact) mass is 467 g/mol. The molecule has 0 spiro atoms. The molecule has 5 heteroatoms. The molecule has 0 N–H and O–H groups in total. The van der Waals surface area contributed by atoms with Crippen LogP contribution in [0, 0.1) is 0 Å². The average molecular weight is 467 g/mol. The molecule has 0 amide bonds. The summed E-state index contributed by atoms with van der Waals surface area (Å²) in [6.07, 6.45) is 4.44. The van der Waals surface area contributed by atoms with Crippen LogP contribution in [0.2, 0.25) is 0 Å². The Labute approximate surface area is 163 Å². The molecular formula is C20H21IN2OP+. The zero-order chi connectivity index (χ0) is 17.4. The SMILES string of the molecule is [131I]CCOCC[P+](c1ccccc1)(c1ccccc1)c1ccncn1. The fourth-order valence-electron chi connectivity index (χ4n) is 3.02. The quantitative estimate of drug-likeness (QED) is 0.221. The Morgan fingerprint density at radius 1 is 0.840 bits per heavy atom. The van der Waals surface area contributed by atoms with Crippen LogP contribution in [-0.4, -0.2) is 33.8 Å². The summed E-state index contributed by atoms with van der Waals surface area (Å²) in [4.78, 5) is 8.81. The number of rotatable bonds is 8. The van der Waals surface area contributed by atoms with E-state index in [2.05, 4.69) is 99.3 Å². The molecule has 1 heterocycles. The lowest BCUT2D eigenvalue weighted by atomic mass is 10.4. The lowest BCUT2D eigenvalue weighted by molar-refractivity contribution is 0.168. The van der Waals surface area contributed by atoms with E-state index in [1.807, 2.05) is 6.20 Å². The Balaban J connectivity index is 2.13. The number of ether oxygens (including phenoxy) is 1. The highest BCUT2D eigenvalue weighted by Gasteiger charge is 2.46. The summed E-state index contributed by atoms with van der Waals surface area (Å²) >= 11 is 2.35. The highest BCUT2D eigenvalue weighted by molar-refractivity contribution is 14.1. The van der Waals surface area contributed by atoms with Gasteiger partial charge in [-0.05, 0) is 24.3 Å². The molecule has 1 aromatic heterocycles. The molecule has 0 saturated carbocycles. The summed E-state index contributed by atoms with van der Waals surface area (Å²) < 4.78 is 6.89. The van der Waals surface area contributed by atoms with Gasteiger partial charge in [0.05, 0.1) is 19.4 Å². The van der Waals surface area contributed by atoms with Gasteiger partial charge in [-0.3, -0.25) is 0 Å². The molecule has 25 heavy (non-hydrogen) atoms. The summed E-state index contributed by atoms with van der Waals surface area (Å²) in [6.45, 7) is 1.51.